The fourth-order valence-corrected chi connectivity index (χ4v) is 2.70. The Hall–Kier alpha value is -1.23. The lowest BCUT2D eigenvalue weighted by Gasteiger charge is -2.17. The van der Waals surface area contributed by atoms with Crippen molar-refractivity contribution in [3.63, 3.8) is 0 Å². The molecule has 0 spiro atoms. The molecule has 2 aromatic rings. The summed E-state index contributed by atoms with van der Waals surface area (Å²) in [6.45, 7) is 0. The van der Waals surface area contributed by atoms with Gasteiger partial charge < -0.3 is 14.6 Å². The molecule has 20 heavy (non-hydrogen) atoms. The molecule has 0 amide bonds. The zero-order chi connectivity index (χ0) is 14.7. The highest BCUT2D eigenvalue weighted by atomic mass is 79.9. The first-order chi connectivity index (χ1) is 9.56. The normalized spacial score (nSPS) is 12.1. The van der Waals surface area contributed by atoms with Gasteiger partial charge in [-0.1, -0.05) is 33.6 Å². The van der Waals surface area contributed by atoms with Gasteiger partial charge in [0, 0.05) is 15.1 Å². The van der Waals surface area contributed by atoms with Gasteiger partial charge in [0.1, 0.15) is 17.6 Å². The summed E-state index contributed by atoms with van der Waals surface area (Å²) < 4.78 is 11.2. The highest BCUT2D eigenvalue weighted by molar-refractivity contribution is 9.10. The molecule has 0 fully saturated rings. The highest BCUT2D eigenvalue weighted by Gasteiger charge is 2.18. The molecule has 5 heteroatoms. The summed E-state index contributed by atoms with van der Waals surface area (Å²) in [7, 11) is 3.15. The second-order valence-electron chi connectivity index (χ2n) is 4.18. The summed E-state index contributed by atoms with van der Waals surface area (Å²) in [5, 5.41) is 11.1. The minimum absolute atomic E-state index is 0.546. The van der Waals surface area contributed by atoms with Gasteiger partial charge in [-0.05, 0) is 35.9 Å². The van der Waals surface area contributed by atoms with Crippen LogP contribution in [0.15, 0.2) is 40.9 Å². The Bertz CT molecular complexity index is 616. The molecule has 1 unspecified atom stereocenters. The first kappa shape index (κ1) is 15.2. The van der Waals surface area contributed by atoms with Gasteiger partial charge in [0.05, 0.1) is 14.2 Å². The third-order valence-electron chi connectivity index (χ3n) is 2.99. The van der Waals surface area contributed by atoms with Gasteiger partial charge in [0.2, 0.25) is 0 Å². The zero-order valence-corrected chi connectivity index (χ0v) is 13.4. The van der Waals surface area contributed by atoms with Crippen molar-refractivity contribution < 1.29 is 14.6 Å². The number of benzene rings is 2. The largest absolute Gasteiger partial charge is 0.497 e. The van der Waals surface area contributed by atoms with Crippen molar-refractivity contribution in [1.82, 2.24) is 0 Å². The summed E-state index contributed by atoms with van der Waals surface area (Å²) in [4.78, 5) is 0. The number of halogens is 2. The highest BCUT2D eigenvalue weighted by Crippen LogP contribution is 2.36. The van der Waals surface area contributed by atoms with E-state index >= 15 is 0 Å². The molecular weight excluding hydrogens is 344 g/mol. The van der Waals surface area contributed by atoms with Crippen molar-refractivity contribution >= 4 is 27.5 Å². The first-order valence-corrected chi connectivity index (χ1v) is 7.09. The number of hydrogen-bond acceptors (Lipinski definition) is 3. The predicted octanol–water partition coefficient (Wildman–Crippen LogP) is 4.20. The number of rotatable bonds is 4. The van der Waals surface area contributed by atoms with Crippen molar-refractivity contribution in [3.8, 4) is 11.5 Å². The van der Waals surface area contributed by atoms with Crippen molar-refractivity contribution in [3.05, 3.63) is 57.0 Å². The third-order valence-corrected chi connectivity index (χ3v) is 3.91. The first-order valence-electron chi connectivity index (χ1n) is 5.91. The van der Waals surface area contributed by atoms with Gasteiger partial charge in [-0.2, -0.15) is 0 Å². The van der Waals surface area contributed by atoms with Crippen molar-refractivity contribution in [2.75, 3.05) is 14.2 Å². The molecule has 2 rings (SSSR count). The second kappa shape index (κ2) is 6.48. The molecule has 0 aliphatic carbocycles. The summed E-state index contributed by atoms with van der Waals surface area (Å²) >= 11 is 9.43. The Kier molecular flexibility index (Phi) is 4.91. The summed E-state index contributed by atoms with van der Waals surface area (Å²) in [5.74, 6) is 1.30. The maximum atomic E-state index is 10.6. The van der Waals surface area contributed by atoms with Crippen molar-refractivity contribution in [2.45, 2.75) is 6.10 Å². The Morgan fingerprint density at radius 1 is 1.05 bits per heavy atom. The van der Waals surface area contributed by atoms with Crippen molar-refractivity contribution in [2.24, 2.45) is 0 Å². The van der Waals surface area contributed by atoms with Crippen LogP contribution < -0.4 is 9.47 Å². The molecule has 106 valence electrons. The smallest absolute Gasteiger partial charge is 0.125 e. The van der Waals surface area contributed by atoms with E-state index in [0.717, 1.165) is 4.47 Å². The Morgan fingerprint density at radius 2 is 1.80 bits per heavy atom. The predicted molar refractivity (Wildman–Crippen MR) is 82.8 cm³/mol. The monoisotopic (exact) mass is 356 g/mol. The molecule has 0 aromatic heterocycles. The van der Waals surface area contributed by atoms with Gasteiger partial charge >= 0.3 is 0 Å². The Balaban J connectivity index is 2.45. The van der Waals surface area contributed by atoms with E-state index < -0.39 is 6.10 Å². The van der Waals surface area contributed by atoms with Gasteiger partial charge in [-0.3, -0.25) is 0 Å². The van der Waals surface area contributed by atoms with Crippen LogP contribution in [0.2, 0.25) is 5.02 Å². The van der Waals surface area contributed by atoms with E-state index in [1.54, 1.807) is 50.6 Å². The summed E-state index contributed by atoms with van der Waals surface area (Å²) in [6.07, 6.45) is -0.844. The minimum atomic E-state index is -0.844. The average Bonchev–Trinajstić information content (AvgIpc) is 2.46. The van der Waals surface area contributed by atoms with E-state index in [-0.39, 0.29) is 0 Å². The van der Waals surface area contributed by atoms with E-state index in [2.05, 4.69) is 15.9 Å². The van der Waals surface area contributed by atoms with Gasteiger partial charge in [0.15, 0.2) is 0 Å². The molecule has 0 radical (unpaired) electrons. The lowest BCUT2D eigenvalue weighted by atomic mass is 10.0. The van der Waals surface area contributed by atoms with Crippen LogP contribution in [-0.2, 0) is 0 Å². The minimum Gasteiger partial charge on any atom is -0.497 e. The quantitative estimate of drug-likeness (QED) is 0.891. The zero-order valence-electron chi connectivity index (χ0n) is 11.1. The maximum Gasteiger partial charge on any atom is 0.125 e. The SMILES string of the molecule is COc1ccc(C(O)c2cc(Cl)ccc2OC)c(Br)c1. The molecule has 3 nitrogen and oxygen atoms in total. The fraction of sp³-hybridized carbons (Fsp3) is 0.200. The number of aliphatic hydroxyl groups excluding tert-OH is 1. The van der Waals surface area contributed by atoms with E-state index in [0.29, 0.717) is 27.6 Å². The van der Waals surface area contributed by atoms with Crippen LogP contribution >= 0.6 is 27.5 Å². The molecule has 2 aromatic carbocycles. The molecule has 0 bridgehead atoms. The lowest BCUT2D eigenvalue weighted by molar-refractivity contribution is 0.214. The number of ether oxygens (including phenoxy) is 2. The third kappa shape index (κ3) is 3.08. The Labute approximate surface area is 131 Å². The van der Waals surface area contributed by atoms with Crippen LogP contribution in [0.1, 0.15) is 17.2 Å². The molecule has 0 heterocycles. The van der Waals surface area contributed by atoms with E-state index in [4.69, 9.17) is 21.1 Å². The van der Waals surface area contributed by atoms with Crippen LogP contribution in [0, 0.1) is 0 Å². The van der Waals surface area contributed by atoms with E-state index in [9.17, 15) is 5.11 Å². The van der Waals surface area contributed by atoms with Gasteiger partial charge in [-0.25, -0.2) is 0 Å². The standard InChI is InChI=1S/C15H14BrClO3/c1-19-10-4-5-11(13(16)8-10)15(18)12-7-9(17)3-6-14(12)20-2/h3-8,15,18H,1-2H3. The van der Waals surface area contributed by atoms with Crippen LogP contribution in [0.5, 0.6) is 11.5 Å². The molecule has 0 saturated heterocycles. The molecule has 1 atom stereocenters. The molecular formula is C15H14BrClO3. The van der Waals surface area contributed by atoms with Gasteiger partial charge in [-0.15, -0.1) is 0 Å². The van der Waals surface area contributed by atoms with Crippen LogP contribution in [-0.4, -0.2) is 19.3 Å². The fourth-order valence-electron chi connectivity index (χ4n) is 1.94. The molecule has 0 aliphatic rings. The van der Waals surface area contributed by atoms with Crippen molar-refractivity contribution in [1.29, 1.82) is 0 Å². The molecule has 0 saturated carbocycles. The Morgan fingerprint density at radius 3 is 2.40 bits per heavy atom. The summed E-state index contributed by atoms with van der Waals surface area (Å²) in [6, 6.07) is 10.5. The van der Waals surface area contributed by atoms with E-state index in [1.165, 1.54) is 0 Å². The van der Waals surface area contributed by atoms with Crippen LogP contribution in [0.3, 0.4) is 0 Å². The van der Waals surface area contributed by atoms with Crippen LogP contribution in [0.25, 0.3) is 0 Å². The lowest BCUT2D eigenvalue weighted by Crippen LogP contribution is -2.03. The molecule has 1 N–H and O–H groups in total. The number of hydrogen-bond donors (Lipinski definition) is 1. The molecule has 0 aliphatic heterocycles. The number of aliphatic hydroxyl groups is 1. The second-order valence-corrected chi connectivity index (χ2v) is 5.47. The van der Waals surface area contributed by atoms with Crippen LogP contribution in [0.4, 0.5) is 0 Å². The topological polar surface area (TPSA) is 38.7 Å². The van der Waals surface area contributed by atoms with Gasteiger partial charge in [0.25, 0.3) is 0 Å². The number of methoxy groups -OCH3 is 2. The van der Waals surface area contributed by atoms with E-state index in [1.807, 2.05) is 0 Å². The summed E-state index contributed by atoms with van der Waals surface area (Å²) in [5.41, 5.74) is 1.33. The average molecular weight is 358 g/mol. The maximum absolute atomic E-state index is 10.6.